The number of benzene rings is 1. The van der Waals surface area contributed by atoms with Crippen LogP contribution in [-0.4, -0.2) is 15.3 Å². The van der Waals surface area contributed by atoms with Gasteiger partial charge in [-0.1, -0.05) is 55.0 Å². The first-order valence-electron chi connectivity index (χ1n) is 8.74. The van der Waals surface area contributed by atoms with Crippen LogP contribution in [0.15, 0.2) is 36.9 Å². The van der Waals surface area contributed by atoms with Crippen LogP contribution in [0.4, 0.5) is 0 Å². The SMILES string of the molecule is Clc1ccc(C(Cn2ccnc2)SCC2CCCCCC2)c(Cl)c1. The quantitative estimate of drug-likeness (QED) is 0.521. The molecule has 2 nitrogen and oxygen atoms in total. The number of halogens is 2. The number of rotatable bonds is 6. The van der Waals surface area contributed by atoms with Gasteiger partial charge in [0.1, 0.15) is 0 Å². The zero-order valence-electron chi connectivity index (χ0n) is 13.8. The van der Waals surface area contributed by atoms with Gasteiger partial charge >= 0.3 is 0 Å². The Kier molecular flexibility index (Phi) is 6.94. The van der Waals surface area contributed by atoms with Gasteiger partial charge in [-0.05, 0) is 42.2 Å². The Morgan fingerprint density at radius 3 is 2.62 bits per heavy atom. The summed E-state index contributed by atoms with van der Waals surface area (Å²) in [4.78, 5) is 4.17. The first-order chi connectivity index (χ1) is 11.7. The minimum absolute atomic E-state index is 0.326. The fourth-order valence-corrected chi connectivity index (χ4v) is 5.48. The molecular weight excluding hydrogens is 359 g/mol. The third-order valence-electron chi connectivity index (χ3n) is 4.75. The Bertz CT molecular complexity index is 622. The zero-order valence-corrected chi connectivity index (χ0v) is 16.2. The van der Waals surface area contributed by atoms with Crippen molar-refractivity contribution in [3.05, 3.63) is 52.5 Å². The molecule has 1 atom stereocenters. The molecule has 1 aliphatic rings. The lowest BCUT2D eigenvalue weighted by Crippen LogP contribution is -2.10. The monoisotopic (exact) mass is 382 g/mol. The van der Waals surface area contributed by atoms with E-state index in [9.17, 15) is 0 Å². The minimum Gasteiger partial charge on any atom is -0.336 e. The van der Waals surface area contributed by atoms with E-state index in [0.717, 1.165) is 17.5 Å². The lowest BCUT2D eigenvalue weighted by Gasteiger charge is -2.22. The summed E-state index contributed by atoms with van der Waals surface area (Å²) in [6.45, 7) is 0.888. The number of imidazole rings is 1. The Hall–Kier alpha value is -0.640. The lowest BCUT2D eigenvalue weighted by atomic mass is 10.0. The van der Waals surface area contributed by atoms with Crippen LogP contribution in [0, 0.1) is 5.92 Å². The Labute approximate surface area is 159 Å². The number of aromatic nitrogens is 2. The van der Waals surface area contributed by atoms with Crippen LogP contribution in [-0.2, 0) is 6.54 Å². The highest BCUT2D eigenvalue weighted by Gasteiger charge is 2.20. The highest BCUT2D eigenvalue weighted by Crippen LogP contribution is 2.38. The molecule has 1 aromatic carbocycles. The molecule has 1 saturated carbocycles. The summed E-state index contributed by atoms with van der Waals surface area (Å²) in [7, 11) is 0. The Morgan fingerprint density at radius 2 is 1.96 bits per heavy atom. The topological polar surface area (TPSA) is 17.8 Å². The average Bonchev–Trinajstić information content (AvgIpc) is 2.93. The average molecular weight is 383 g/mol. The normalized spacial score (nSPS) is 17.6. The van der Waals surface area contributed by atoms with Gasteiger partial charge in [0, 0.05) is 34.2 Å². The summed E-state index contributed by atoms with van der Waals surface area (Å²) in [5, 5.41) is 1.78. The van der Waals surface area contributed by atoms with E-state index in [-0.39, 0.29) is 0 Å². The van der Waals surface area contributed by atoms with Crippen molar-refractivity contribution >= 4 is 35.0 Å². The van der Waals surface area contributed by atoms with Crippen molar-refractivity contribution in [3.8, 4) is 0 Å². The smallest absolute Gasteiger partial charge is 0.0946 e. The van der Waals surface area contributed by atoms with Crippen LogP contribution in [0.5, 0.6) is 0 Å². The molecule has 0 bridgehead atoms. The van der Waals surface area contributed by atoms with E-state index in [0.29, 0.717) is 10.3 Å². The second kappa shape index (κ2) is 9.17. The highest BCUT2D eigenvalue weighted by atomic mass is 35.5. The summed E-state index contributed by atoms with van der Waals surface area (Å²) in [5.74, 6) is 2.05. The van der Waals surface area contributed by atoms with Gasteiger partial charge in [-0.3, -0.25) is 0 Å². The van der Waals surface area contributed by atoms with E-state index in [1.165, 1.54) is 49.8 Å². The van der Waals surface area contributed by atoms with Crippen LogP contribution in [0.3, 0.4) is 0 Å². The van der Waals surface area contributed by atoms with Crippen molar-refractivity contribution in [1.82, 2.24) is 9.55 Å². The number of thioether (sulfide) groups is 1. The molecule has 0 aliphatic heterocycles. The maximum Gasteiger partial charge on any atom is 0.0946 e. The summed E-state index contributed by atoms with van der Waals surface area (Å²) < 4.78 is 2.13. The zero-order chi connectivity index (χ0) is 16.8. The summed E-state index contributed by atoms with van der Waals surface area (Å²) in [6.07, 6.45) is 14.1. The van der Waals surface area contributed by atoms with Crippen molar-refractivity contribution < 1.29 is 0 Å². The Morgan fingerprint density at radius 1 is 1.17 bits per heavy atom. The highest BCUT2D eigenvalue weighted by molar-refractivity contribution is 7.99. The lowest BCUT2D eigenvalue weighted by molar-refractivity contribution is 0.512. The van der Waals surface area contributed by atoms with Gasteiger partial charge in [0.2, 0.25) is 0 Å². The van der Waals surface area contributed by atoms with Gasteiger partial charge in [0.05, 0.1) is 6.33 Å². The van der Waals surface area contributed by atoms with E-state index < -0.39 is 0 Å². The molecule has 0 radical (unpaired) electrons. The molecule has 130 valence electrons. The molecule has 0 spiro atoms. The molecule has 0 amide bonds. The van der Waals surface area contributed by atoms with Gasteiger partial charge in [0.25, 0.3) is 0 Å². The molecule has 24 heavy (non-hydrogen) atoms. The standard InChI is InChI=1S/C19H24Cl2N2S/c20-16-7-8-17(18(21)11-16)19(12-23-10-9-22-14-23)24-13-15-5-3-1-2-4-6-15/h7-11,14-15,19H,1-6,12-13H2. The molecule has 1 aromatic heterocycles. The second-order valence-corrected chi connectivity index (χ2v) is 8.68. The molecule has 1 fully saturated rings. The van der Waals surface area contributed by atoms with Crippen LogP contribution < -0.4 is 0 Å². The molecule has 1 aliphatic carbocycles. The Balaban J connectivity index is 1.71. The van der Waals surface area contributed by atoms with Crippen molar-refractivity contribution in [1.29, 1.82) is 0 Å². The summed E-state index contributed by atoms with van der Waals surface area (Å²) in [6, 6.07) is 5.87. The molecule has 1 unspecified atom stereocenters. The van der Waals surface area contributed by atoms with Crippen molar-refractivity contribution in [3.63, 3.8) is 0 Å². The molecule has 0 saturated heterocycles. The number of hydrogen-bond donors (Lipinski definition) is 0. The van der Waals surface area contributed by atoms with Gasteiger partial charge < -0.3 is 4.57 Å². The number of hydrogen-bond acceptors (Lipinski definition) is 2. The van der Waals surface area contributed by atoms with Crippen LogP contribution in [0.25, 0.3) is 0 Å². The third kappa shape index (κ3) is 5.18. The predicted octanol–water partition coefficient (Wildman–Crippen LogP) is 6.63. The summed E-state index contributed by atoms with van der Waals surface area (Å²) >= 11 is 14.6. The van der Waals surface area contributed by atoms with E-state index in [2.05, 4.69) is 15.6 Å². The van der Waals surface area contributed by atoms with E-state index in [4.69, 9.17) is 23.2 Å². The van der Waals surface area contributed by atoms with Crippen LogP contribution >= 0.6 is 35.0 Å². The van der Waals surface area contributed by atoms with Gasteiger partial charge in [0.15, 0.2) is 0 Å². The second-order valence-electron chi connectivity index (χ2n) is 6.60. The number of nitrogens with zero attached hydrogens (tertiary/aromatic N) is 2. The molecular formula is C19H24Cl2N2S. The van der Waals surface area contributed by atoms with E-state index >= 15 is 0 Å². The van der Waals surface area contributed by atoms with Crippen molar-refractivity contribution in [2.75, 3.05) is 5.75 Å². The van der Waals surface area contributed by atoms with Crippen molar-refractivity contribution in [2.45, 2.75) is 50.3 Å². The molecule has 0 N–H and O–H groups in total. The van der Waals surface area contributed by atoms with Gasteiger partial charge in [-0.2, -0.15) is 11.8 Å². The molecule has 3 rings (SSSR count). The summed E-state index contributed by atoms with van der Waals surface area (Å²) in [5.41, 5.74) is 1.17. The first kappa shape index (κ1) is 18.2. The molecule has 2 aromatic rings. The predicted molar refractivity (Wildman–Crippen MR) is 105 cm³/mol. The van der Waals surface area contributed by atoms with Gasteiger partial charge in [-0.25, -0.2) is 4.98 Å². The maximum absolute atomic E-state index is 6.49. The first-order valence-corrected chi connectivity index (χ1v) is 10.5. The van der Waals surface area contributed by atoms with Crippen molar-refractivity contribution in [2.24, 2.45) is 5.92 Å². The molecule has 5 heteroatoms. The largest absolute Gasteiger partial charge is 0.336 e. The van der Waals surface area contributed by atoms with Crippen LogP contribution in [0.1, 0.15) is 49.3 Å². The minimum atomic E-state index is 0.326. The van der Waals surface area contributed by atoms with E-state index in [1.807, 2.05) is 42.6 Å². The van der Waals surface area contributed by atoms with Gasteiger partial charge in [-0.15, -0.1) is 0 Å². The maximum atomic E-state index is 6.49. The van der Waals surface area contributed by atoms with E-state index in [1.54, 1.807) is 0 Å². The fourth-order valence-electron chi connectivity index (χ4n) is 3.37. The van der Waals surface area contributed by atoms with Crippen LogP contribution in [0.2, 0.25) is 10.0 Å². The molecule has 1 heterocycles. The third-order valence-corrected chi connectivity index (χ3v) is 6.78. The fraction of sp³-hybridized carbons (Fsp3) is 0.526.